The van der Waals surface area contributed by atoms with Crippen LogP contribution in [0, 0.1) is 0 Å². The summed E-state index contributed by atoms with van der Waals surface area (Å²) in [6, 6.07) is 1.78. The predicted molar refractivity (Wildman–Crippen MR) is 43.5 cm³/mol. The van der Waals surface area contributed by atoms with Crippen molar-refractivity contribution in [3.8, 4) is 0 Å². The van der Waals surface area contributed by atoms with E-state index < -0.39 is 0 Å². The Kier molecular flexibility index (Phi) is 1.32. The zero-order valence-corrected chi connectivity index (χ0v) is 7.00. The number of aromatic amines is 1. The van der Waals surface area contributed by atoms with E-state index in [1.54, 1.807) is 12.3 Å². The fourth-order valence-electron chi connectivity index (χ4n) is 0.908. The summed E-state index contributed by atoms with van der Waals surface area (Å²) < 4.78 is 2.12. The van der Waals surface area contributed by atoms with Crippen molar-refractivity contribution in [1.29, 1.82) is 0 Å². The normalized spacial score (nSPS) is 10.6. The second-order valence-electron chi connectivity index (χ2n) is 2.07. The first-order valence-corrected chi connectivity index (χ1v) is 3.78. The molecule has 0 aliphatic carbocycles. The van der Waals surface area contributed by atoms with Crippen LogP contribution in [-0.4, -0.2) is 14.4 Å². The van der Waals surface area contributed by atoms with E-state index in [-0.39, 0.29) is 5.69 Å². The van der Waals surface area contributed by atoms with Crippen LogP contribution in [0.3, 0.4) is 0 Å². The minimum absolute atomic E-state index is 0.180. The highest BCUT2D eigenvalue weighted by Gasteiger charge is 2.00. The summed E-state index contributed by atoms with van der Waals surface area (Å²) >= 11 is 3.22. The van der Waals surface area contributed by atoms with E-state index in [2.05, 4.69) is 25.9 Å². The lowest BCUT2D eigenvalue weighted by Gasteiger charge is -1.88. The molecule has 0 amide bonds. The van der Waals surface area contributed by atoms with E-state index in [1.807, 2.05) is 0 Å². The summed E-state index contributed by atoms with van der Waals surface area (Å²) in [7, 11) is 0. The van der Waals surface area contributed by atoms with Gasteiger partial charge >= 0.3 is 5.69 Å². The van der Waals surface area contributed by atoms with Gasteiger partial charge in [0, 0.05) is 6.20 Å². The Bertz CT molecular complexity index is 444. The van der Waals surface area contributed by atoms with Crippen LogP contribution < -0.4 is 5.69 Å². The number of hydrogen-bond donors (Lipinski definition) is 1. The van der Waals surface area contributed by atoms with Gasteiger partial charge in [0.15, 0.2) is 0 Å². The third kappa shape index (κ3) is 0.883. The highest BCUT2D eigenvalue weighted by atomic mass is 79.9. The lowest BCUT2D eigenvalue weighted by atomic mass is 10.5. The fourth-order valence-corrected chi connectivity index (χ4v) is 1.32. The molecule has 0 spiro atoms. The average molecular weight is 214 g/mol. The zero-order chi connectivity index (χ0) is 7.84. The molecule has 0 aliphatic rings. The predicted octanol–water partition coefficient (Wildman–Crippen LogP) is 0.785. The molecule has 4 nitrogen and oxygen atoms in total. The Morgan fingerprint density at radius 3 is 3.18 bits per heavy atom. The average Bonchev–Trinajstić information content (AvgIpc) is 2.35. The molecular formula is C6H4BrN3O. The molecule has 0 aliphatic heterocycles. The Morgan fingerprint density at radius 2 is 2.45 bits per heavy atom. The molecule has 11 heavy (non-hydrogen) atoms. The molecule has 0 unspecified atom stereocenters. The van der Waals surface area contributed by atoms with Gasteiger partial charge in [-0.1, -0.05) is 0 Å². The highest BCUT2D eigenvalue weighted by molar-refractivity contribution is 9.10. The monoisotopic (exact) mass is 213 g/mol. The molecule has 2 aromatic heterocycles. The first kappa shape index (κ1) is 6.60. The van der Waals surface area contributed by atoms with Crippen LogP contribution >= 0.6 is 15.9 Å². The second-order valence-corrected chi connectivity index (χ2v) is 2.82. The molecule has 2 aromatic rings. The van der Waals surface area contributed by atoms with E-state index in [9.17, 15) is 4.79 Å². The number of aromatic nitrogens is 3. The lowest BCUT2D eigenvalue weighted by molar-refractivity contribution is 0.995. The van der Waals surface area contributed by atoms with Gasteiger partial charge in [0.05, 0.1) is 5.52 Å². The number of nitrogens with zero attached hydrogens (tertiary/aromatic N) is 2. The Balaban J connectivity index is 3.06. The van der Waals surface area contributed by atoms with Crippen molar-refractivity contribution < 1.29 is 0 Å². The summed E-state index contributed by atoms with van der Waals surface area (Å²) in [4.78, 5) is 17.5. The van der Waals surface area contributed by atoms with E-state index in [0.29, 0.717) is 4.60 Å². The summed E-state index contributed by atoms with van der Waals surface area (Å²) in [5.41, 5.74) is 0.592. The van der Waals surface area contributed by atoms with E-state index >= 15 is 0 Å². The Labute approximate surface area is 70.0 Å². The van der Waals surface area contributed by atoms with Gasteiger partial charge < -0.3 is 4.98 Å². The third-order valence-corrected chi connectivity index (χ3v) is 2.04. The summed E-state index contributed by atoms with van der Waals surface area (Å²) in [5.74, 6) is 0. The smallest absolute Gasteiger partial charge is 0.314 e. The van der Waals surface area contributed by atoms with E-state index in [1.165, 1.54) is 10.7 Å². The van der Waals surface area contributed by atoms with Gasteiger partial charge in [0.2, 0.25) is 0 Å². The summed E-state index contributed by atoms with van der Waals surface area (Å²) in [6.07, 6.45) is 3.06. The van der Waals surface area contributed by atoms with Gasteiger partial charge in [-0.15, -0.1) is 0 Å². The molecular weight excluding hydrogens is 210 g/mol. The van der Waals surface area contributed by atoms with Crippen molar-refractivity contribution in [2.45, 2.75) is 0 Å². The van der Waals surface area contributed by atoms with Crippen LogP contribution in [0.1, 0.15) is 0 Å². The molecule has 0 bridgehead atoms. The van der Waals surface area contributed by atoms with Gasteiger partial charge in [-0.25, -0.2) is 14.2 Å². The molecule has 0 radical (unpaired) electrons. The first-order valence-electron chi connectivity index (χ1n) is 2.99. The number of imidazole rings is 1. The van der Waals surface area contributed by atoms with Gasteiger partial charge in [-0.05, 0) is 22.0 Å². The van der Waals surface area contributed by atoms with Crippen LogP contribution in [0.4, 0.5) is 0 Å². The number of H-pyrrole nitrogens is 1. The van der Waals surface area contributed by atoms with E-state index in [4.69, 9.17) is 0 Å². The van der Waals surface area contributed by atoms with Crippen molar-refractivity contribution in [3.05, 3.63) is 33.7 Å². The maximum Gasteiger partial charge on any atom is 0.331 e. The van der Waals surface area contributed by atoms with Crippen LogP contribution in [0.5, 0.6) is 0 Å². The maximum absolute atomic E-state index is 11.0. The Hall–Kier alpha value is -1.10. The molecule has 2 rings (SSSR count). The van der Waals surface area contributed by atoms with Crippen LogP contribution in [0.2, 0.25) is 0 Å². The molecule has 0 saturated carbocycles. The van der Waals surface area contributed by atoms with Crippen molar-refractivity contribution in [1.82, 2.24) is 14.4 Å². The SMILES string of the molecule is O=c1[nH]ccc2c(Br)ncn12. The molecule has 0 aromatic carbocycles. The van der Waals surface area contributed by atoms with Crippen molar-refractivity contribution >= 4 is 21.4 Å². The lowest BCUT2D eigenvalue weighted by Crippen LogP contribution is -2.13. The van der Waals surface area contributed by atoms with Crippen molar-refractivity contribution in [2.75, 3.05) is 0 Å². The van der Waals surface area contributed by atoms with Gasteiger partial charge in [-0.2, -0.15) is 0 Å². The van der Waals surface area contributed by atoms with E-state index in [0.717, 1.165) is 5.52 Å². The molecule has 1 N–H and O–H groups in total. The number of rotatable bonds is 0. The van der Waals surface area contributed by atoms with Crippen LogP contribution in [0.15, 0.2) is 28.0 Å². The van der Waals surface area contributed by atoms with Gasteiger partial charge in [-0.3, -0.25) is 0 Å². The number of nitrogens with one attached hydrogen (secondary N) is 1. The molecule has 0 atom stereocenters. The largest absolute Gasteiger partial charge is 0.331 e. The summed E-state index contributed by atoms with van der Waals surface area (Å²) in [6.45, 7) is 0. The molecule has 56 valence electrons. The molecule has 5 heteroatoms. The number of hydrogen-bond acceptors (Lipinski definition) is 2. The third-order valence-electron chi connectivity index (χ3n) is 1.42. The first-order chi connectivity index (χ1) is 5.29. The zero-order valence-electron chi connectivity index (χ0n) is 5.41. The molecule has 0 fully saturated rings. The van der Waals surface area contributed by atoms with Crippen LogP contribution in [0.25, 0.3) is 5.52 Å². The van der Waals surface area contributed by atoms with Gasteiger partial charge in [0.1, 0.15) is 10.9 Å². The van der Waals surface area contributed by atoms with Crippen molar-refractivity contribution in [2.24, 2.45) is 0 Å². The number of fused-ring (bicyclic) bond motifs is 1. The minimum Gasteiger partial charge on any atom is -0.314 e. The highest BCUT2D eigenvalue weighted by Crippen LogP contribution is 2.11. The topological polar surface area (TPSA) is 50.2 Å². The second kappa shape index (κ2) is 2.20. The van der Waals surface area contributed by atoms with Crippen LogP contribution in [-0.2, 0) is 0 Å². The molecule has 2 heterocycles. The fraction of sp³-hybridized carbons (Fsp3) is 0. The standard InChI is InChI=1S/C6H4BrN3O/c7-5-4-1-2-8-6(11)10(4)3-9-5/h1-3H,(H,8,11). The van der Waals surface area contributed by atoms with Gasteiger partial charge in [0.25, 0.3) is 0 Å². The summed E-state index contributed by atoms with van der Waals surface area (Å²) in [5, 5.41) is 0. The number of halogens is 1. The molecule has 0 saturated heterocycles. The Morgan fingerprint density at radius 1 is 1.64 bits per heavy atom. The maximum atomic E-state index is 11.0. The van der Waals surface area contributed by atoms with Crippen molar-refractivity contribution in [3.63, 3.8) is 0 Å². The quantitative estimate of drug-likeness (QED) is 0.704. The minimum atomic E-state index is -0.180.